The summed E-state index contributed by atoms with van der Waals surface area (Å²) < 4.78 is 10.2. The molecule has 0 aromatic heterocycles. The van der Waals surface area contributed by atoms with E-state index in [9.17, 15) is 9.59 Å². The summed E-state index contributed by atoms with van der Waals surface area (Å²) >= 11 is 0. The van der Waals surface area contributed by atoms with Crippen LogP contribution in [0.15, 0.2) is 12.1 Å². The summed E-state index contributed by atoms with van der Waals surface area (Å²) in [4.78, 5) is 23.2. The summed E-state index contributed by atoms with van der Waals surface area (Å²) in [7, 11) is 0. The quantitative estimate of drug-likeness (QED) is 0.835. The maximum absolute atomic E-state index is 11.7. The monoisotopic (exact) mass is 306 g/mol. The minimum Gasteiger partial charge on any atom is -0.457 e. The summed E-state index contributed by atoms with van der Waals surface area (Å²) in [5.41, 5.74) is 8.87. The molecule has 1 amide bonds. The molecule has 0 spiro atoms. The Morgan fingerprint density at radius 1 is 1.45 bits per heavy atom. The molecule has 22 heavy (non-hydrogen) atoms. The molecule has 1 heterocycles. The van der Waals surface area contributed by atoms with Crippen LogP contribution in [0.5, 0.6) is 0 Å². The lowest BCUT2D eigenvalue weighted by atomic mass is 9.94. The zero-order chi connectivity index (χ0) is 16.5. The molecular formula is C16H22N2O4. The van der Waals surface area contributed by atoms with Gasteiger partial charge < -0.3 is 20.5 Å². The van der Waals surface area contributed by atoms with Gasteiger partial charge in [0.25, 0.3) is 0 Å². The van der Waals surface area contributed by atoms with E-state index in [1.165, 1.54) is 0 Å². The van der Waals surface area contributed by atoms with Gasteiger partial charge in [0.15, 0.2) is 0 Å². The number of hydrogen-bond donors (Lipinski definition) is 2. The van der Waals surface area contributed by atoms with Crippen molar-refractivity contribution in [3.8, 4) is 0 Å². The van der Waals surface area contributed by atoms with Crippen LogP contribution in [0, 0.1) is 6.92 Å². The van der Waals surface area contributed by atoms with Crippen molar-refractivity contribution in [1.82, 2.24) is 5.32 Å². The largest absolute Gasteiger partial charge is 0.457 e. The lowest BCUT2D eigenvalue weighted by Crippen LogP contribution is -2.36. The summed E-state index contributed by atoms with van der Waals surface area (Å²) in [6.07, 6.45) is -0.500. The second kappa shape index (κ2) is 5.96. The number of hydrogen-bond acceptors (Lipinski definition) is 5. The molecular weight excluding hydrogens is 284 g/mol. The second-order valence-corrected chi connectivity index (χ2v) is 6.37. The molecule has 0 aliphatic carbocycles. The van der Waals surface area contributed by atoms with Gasteiger partial charge in [-0.05, 0) is 44.9 Å². The van der Waals surface area contributed by atoms with Gasteiger partial charge in [0.1, 0.15) is 12.2 Å². The maximum Gasteiger partial charge on any atom is 0.407 e. The number of benzene rings is 1. The average molecular weight is 306 g/mol. The van der Waals surface area contributed by atoms with E-state index in [4.69, 9.17) is 15.2 Å². The van der Waals surface area contributed by atoms with Crippen LogP contribution >= 0.6 is 0 Å². The number of nitrogens with one attached hydrogen (secondary N) is 1. The highest BCUT2D eigenvalue weighted by molar-refractivity contribution is 5.94. The summed E-state index contributed by atoms with van der Waals surface area (Å²) in [6, 6.07) is 3.15. The molecule has 1 aromatic carbocycles. The van der Waals surface area contributed by atoms with E-state index < -0.39 is 11.7 Å². The van der Waals surface area contributed by atoms with Crippen molar-refractivity contribution in [1.29, 1.82) is 0 Å². The number of rotatable bonds is 3. The zero-order valence-corrected chi connectivity index (χ0v) is 13.4. The van der Waals surface area contributed by atoms with Crippen LogP contribution in [0.1, 0.15) is 53.9 Å². The van der Waals surface area contributed by atoms with E-state index in [2.05, 4.69) is 5.32 Å². The number of carbonyl (C=O) groups excluding carboxylic acids is 2. The maximum atomic E-state index is 11.7. The average Bonchev–Trinajstić information content (AvgIpc) is 2.77. The first kappa shape index (κ1) is 16.3. The van der Waals surface area contributed by atoms with E-state index in [0.717, 1.165) is 16.7 Å². The molecule has 1 aliphatic heterocycles. The summed E-state index contributed by atoms with van der Waals surface area (Å²) in [5.74, 6) is -0.301. The number of cyclic esters (lactones) is 1. The normalized spacial score (nSPS) is 15.0. The predicted molar refractivity (Wildman–Crippen MR) is 81.5 cm³/mol. The van der Waals surface area contributed by atoms with Crippen molar-refractivity contribution in [2.75, 3.05) is 6.54 Å². The Balaban J connectivity index is 2.04. The number of fused-ring (bicyclic) bond motifs is 1. The number of ether oxygens (including phenoxy) is 2. The predicted octanol–water partition coefficient (Wildman–Crippen LogP) is 2.19. The van der Waals surface area contributed by atoms with Crippen molar-refractivity contribution in [3.05, 3.63) is 34.4 Å². The van der Waals surface area contributed by atoms with Gasteiger partial charge in [-0.2, -0.15) is 0 Å². The van der Waals surface area contributed by atoms with Gasteiger partial charge in [-0.25, -0.2) is 9.59 Å². The first-order valence-corrected chi connectivity index (χ1v) is 7.21. The van der Waals surface area contributed by atoms with Crippen molar-refractivity contribution in [3.63, 3.8) is 0 Å². The van der Waals surface area contributed by atoms with Crippen LogP contribution in [0.2, 0.25) is 0 Å². The van der Waals surface area contributed by atoms with Crippen LogP contribution in [0.3, 0.4) is 0 Å². The smallest absolute Gasteiger partial charge is 0.407 e. The van der Waals surface area contributed by atoms with E-state index in [1.807, 2.05) is 13.0 Å². The van der Waals surface area contributed by atoms with Crippen LogP contribution < -0.4 is 11.1 Å². The highest BCUT2D eigenvalue weighted by atomic mass is 16.6. The third-order valence-corrected chi connectivity index (χ3v) is 3.47. The second-order valence-electron chi connectivity index (χ2n) is 6.37. The minimum atomic E-state index is -0.546. The van der Waals surface area contributed by atoms with E-state index >= 15 is 0 Å². The molecule has 6 heteroatoms. The number of amides is 1. The van der Waals surface area contributed by atoms with Crippen molar-refractivity contribution in [2.24, 2.45) is 5.73 Å². The molecule has 1 aliphatic rings. The molecule has 0 saturated heterocycles. The van der Waals surface area contributed by atoms with Crippen molar-refractivity contribution in [2.45, 2.75) is 45.9 Å². The van der Waals surface area contributed by atoms with E-state index in [0.29, 0.717) is 5.56 Å². The number of nitrogens with two attached hydrogens (primary N) is 1. The fraction of sp³-hybridized carbons (Fsp3) is 0.500. The standard InChI is InChI=1S/C16H22N2O4/c1-9-10(5-6-11-12(9)8-21-14(11)19)13(17)7-18-15(20)22-16(2,3)4/h5-6,13H,7-8,17H2,1-4H3,(H,18,20). The van der Waals surface area contributed by atoms with Gasteiger partial charge >= 0.3 is 12.1 Å². The third kappa shape index (κ3) is 3.57. The Kier molecular flexibility index (Phi) is 4.42. The van der Waals surface area contributed by atoms with Crippen molar-refractivity contribution < 1.29 is 19.1 Å². The Morgan fingerprint density at radius 2 is 2.14 bits per heavy atom. The number of esters is 1. The van der Waals surface area contributed by atoms with Crippen LogP contribution in [-0.2, 0) is 16.1 Å². The molecule has 0 fully saturated rings. The van der Waals surface area contributed by atoms with Crippen LogP contribution in [-0.4, -0.2) is 24.2 Å². The third-order valence-electron chi connectivity index (χ3n) is 3.47. The molecule has 6 nitrogen and oxygen atoms in total. The summed E-state index contributed by atoms with van der Waals surface area (Å²) in [5, 5.41) is 2.66. The van der Waals surface area contributed by atoms with Crippen LogP contribution in [0.4, 0.5) is 4.79 Å². The molecule has 2 rings (SSSR count). The Morgan fingerprint density at radius 3 is 2.77 bits per heavy atom. The molecule has 1 atom stereocenters. The number of alkyl carbamates (subject to hydrolysis) is 1. The van der Waals surface area contributed by atoms with Gasteiger partial charge in [-0.3, -0.25) is 0 Å². The van der Waals surface area contributed by atoms with E-state index in [1.54, 1.807) is 26.8 Å². The molecule has 1 aromatic rings. The Hall–Kier alpha value is -2.08. The first-order chi connectivity index (χ1) is 10.2. The molecule has 1 unspecified atom stereocenters. The van der Waals surface area contributed by atoms with Crippen molar-refractivity contribution >= 4 is 12.1 Å². The highest BCUT2D eigenvalue weighted by Crippen LogP contribution is 2.28. The van der Waals surface area contributed by atoms with Gasteiger partial charge in [-0.1, -0.05) is 6.07 Å². The first-order valence-electron chi connectivity index (χ1n) is 7.21. The van der Waals surface area contributed by atoms with Gasteiger partial charge in [0.2, 0.25) is 0 Å². The summed E-state index contributed by atoms with van der Waals surface area (Å²) in [6.45, 7) is 7.84. The molecule has 120 valence electrons. The SMILES string of the molecule is Cc1c(C(N)CNC(=O)OC(C)(C)C)ccc2c1COC2=O. The van der Waals surface area contributed by atoms with E-state index in [-0.39, 0.29) is 25.2 Å². The molecule has 0 saturated carbocycles. The van der Waals surface area contributed by atoms with Crippen LogP contribution in [0.25, 0.3) is 0 Å². The lowest BCUT2D eigenvalue weighted by molar-refractivity contribution is 0.0517. The molecule has 3 N–H and O–H groups in total. The minimum absolute atomic E-state index is 0.253. The Bertz CT molecular complexity index is 605. The lowest BCUT2D eigenvalue weighted by Gasteiger charge is -2.21. The fourth-order valence-electron chi connectivity index (χ4n) is 2.39. The topological polar surface area (TPSA) is 90.7 Å². The van der Waals surface area contributed by atoms with Gasteiger partial charge in [0.05, 0.1) is 5.56 Å². The highest BCUT2D eigenvalue weighted by Gasteiger charge is 2.25. The fourth-order valence-corrected chi connectivity index (χ4v) is 2.39. The molecule has 0 radical (unpaired) electrons. The Labute approximate surface area is 130 Å². The number of carbonyl (C=O) groups is 2. The zero-order valence-electron chi connectivity index (χ0n) is 13.4. The molecule has 0 bridgehead atoms. The van der Waals surface area contributed by atoms with Gasteiger partial charge in [-0.15, -0.1) is 0 Å². The van der Waals surface area contributed by atoms with Gasteiger partial charge in [0, 0.05) is 18.2 Å².